The summed E-state index contributed by atoms with van der Waals surface area (Å²) in [6.07, 6.45) is 3.27. The third kappa shape index (κ3) is 3.95. The zero-order valence-electron chi connectivity index (χ0n) is 19.5. The van der Waals surface area contributed by atoms with Gasteiger partial charge in [-0.2, -0.15) is 0 Å². The van der Waals surface area contributed by atoms with Crippen LogP contribution in [0.2, 0.25) is 0 Å². The minimum atomic E-state index is -0.905. The number of benzene rings is 2. The van der Waals surface area contributed by atoms with Crippen LogP contribution in [0, 0.1) is 11.7 Å². The molecule has 1 saturated heterocycles. The fourth-order valence-electron chi connectivity index (χ4n) is 5.14. The number of rotatable bonds is 5. The summed E-state index contributed by atoms with van der Waals surface area (Å²) in [5.41, 5.74) is 3.47. The van der Waals surface area contributed by atoms with Crippen molar-refractivity contribution in [2.45, 2.75) is 31.1 Å². The van der Waals surface area contributed by atoms with Crippen LogP contribution in [0.3, 0.4) is 0 Å². The molecular weight excluding hydrogens is 477 g/mol. The van der Waals surface area contributed by atoms with Gasteiger partial charge in [0.25, 0.3) is 5.91 Å². The van der Waals surface area contributed by atoms with E-state index in [2.05, 4.69) is 17.1 Å². The summed E-state index contributed by atoms with van der Waals surface area (Å²) in [7, 11) is 0. The lowest BCUT2D eigenvalue weighted by Crippen LogP contribution is -2.42. The lowest BCUT2D eigenvalue weighted by molar-refractivity contribution is -0.143. The highest BCUT2D eigenvalue weighted by atomic mass is 32.1. The van der Waals surface area contributed by atoms with Crippen LogP contribution in [-0.4, -0.2) is 44.9 Å². The molecule has 1 N–H and O–H groups in total. The first-order valence-corrected chi connectivity index (χ1v) is 12.9. The van der Waals surface area contributed by atoms with Crippen LogP contribution >= 0.6 is 11.3 Å². The summed E-state index contributed by atoms with van der Waals surface area (Å²) >= 11 is 1.34. The molecule has 0 spiro atoms. The second-order valence-corrected chi connectivity index (χ2v) is 10.6. The van der Waals surface area contributed by atoms with Crippen molar-refractivity contribution in [2.75, 3.05) is 13.1 Å². The smallest absolute Gasteiger partial charge is 0.308 e. The van der Waals surface area contributed by atoms with Crippen LogP contribution in [0.1, 0.15) is 47.3 Å². The Morgan fingerprint density at radius 1 is 1.06 bits per heavy atom. The number of halogens is 1. The SMILES string of the molecule is O=C(O)[C@@H]1CCCN(C(=O)c2ccc(-c3nc4ccc(C5(c6ccccc6)CC5)nc4s3)c(F)c2)C1. The number of pyridine rings is 1. The van der Waals surface area contributed by atoms with Crippen molar-refractivity contribution in [3.8, 4) is 10.6 Å². The summed E-state index contributed by atoms with van der Waals surface area (Å²) in [5, 5.41) is 9.80. The van der Waals surface area contributed by atoms with Crippen LogP contribution in [-0.2, 0) is 10.2 Å². The van der Waals surface area contributed by atoms with Gasteiger partial charge in [-0.1, -0.05) is 41.7 Å². The summed E-state index contributed by atoms with van der Waals surface area (Å²) < 4.78 is 15.2. The number of nitrogens with zero attached hydrogens (tertiary/aromatic N) is 3. The number of carbonyl (C=O) groups excluding carboxylic acids is 1. The minimum absolute atomic E-state index is 0.0546. The monoisotopic (exact) mass is 501 g/mol. The molecule has 1 aliphatic heterocycles. The second kappa shape index (κ2) is 8.78. The summed E-state index contributed by atoms with van der Waals surface area (Å²) in [6, 6.07) is 18.7. The maximum Gasteiger partial charge on any atom is 0.308 e. The molecule has 0 radical (unpaired) electrons. The molecule has 36 heavy (non-hydrogen) atoms. The average Bonchev–Trinajstić information content (AvgIpc) is 3.61. The summed E-state index contributed by atoms with van der Waals surface area (Å²) in [4.78, 5) is 36.0. The number of fused-ring (bicyclic) bond motifs is 1. The number of hydrogen-bond acceptors (Lipinski definition) is 5. The summed E-state index contributed by atoms with van der Waals surface area (Å²) in [5.74, 6) is -2.37. The Bertz CT molecular complexity index is 1480. The number of likely N-dealkylation sites (tertiary alicyclic amines) is 1. The van der Waals surface area contributed by atoms with Gasteiger partial charge in [-0.3, -0.25) is 9.59 Å². The molecule has 2 aromatic heterocycles. The lowest BCUT2D eigenvalue weighted by atomic mass is 9.92. The topological polar surface area (TPSA) is 83.4 Å². The molecule has 1 aliphatic carbocycles. The maximum absolute atomic E-state index is 15.2. The van der Waals surface area contributed by atoms with E-state index in [9.17, 15) is 14.7 Å². The van der Waals surface area contributed by atoms with E-state index in [4.69, 9.17) is 4.98 Å². The van der Waals surface area contributed by atoms with Gasteiger partial charge < -0.3 is 10.0 Å². The fraction of sp³-hybridized carbons (Fsp3) is 0.286. The van der Waals surface area contributed by atoms with Crippen molar-refractivity contribution in [1.82, 2.24) is 14.9 Å². The van der Waals surface area contributed by atoms with Gasteiger partial charge in [-0.05, 0) is 61.6 Å². The molecule has 2 aromatic carbocycles. The van der Waals surface area contributed by atoms with Gasteiger partial charge in [0.15, 0.2) is 0 Å². The van der Waals surface area contributed by atoms with Crippen molar-refractivity contribution < 1.29 is 19.1 Å². The van der Waals surface area contributed by atoms with Crippen LogP contribution in [0.5, 0.6) is 0 Å². The first-order chi connectivity index (χ1) is 17.4. The van der Waals surface area contributed by atoms with Crippen molar-refractivity contribution in [2.24, 2.45) is 5.92 Å². The highest BCUT2D eigenvalue weighted by molar-refractivity contribution is 7.21. The van der Waals surface area contributed by atoms with Gasteiger partial charge in [0, 0.05) is 29.6 Å². The zero-order valence-corrected chi connectivity index (χ0v) is 20.3. The maximum atomic E-state index is 15.2. The molecule has 0 bridgehead atoms. The molecule has 6 rings (SSSR count). The molecule has 2 fully saturated rings. The normalized spacial score (nSPS) is 18.8. The van der Waals surface area contributed by atoms with E-state index >= 15 is 4.39 Å². The van der Waals surface area contributed by atoms with Gasteiger partial charge in [-0.15, -0.1) is 0 Å². The molecule has 1 amide bonds. The van der Waals surface area contributed by atoms with Crippen LogP contribution < -0.4 is 0 Å². The molecule has 1 saturated carbocycles. The Labute approximate surface area is 211 Å². The molecular formula is C28H24FN3O3S. The Morgan fingerprint density at radius 2 is 1.86 bits per heavy atom. The third-order valence-electron chi connectivity index (χ3n) is 7.33. The molecule has 1 atom stereocenters. The molecule has 6 nitrogen and oxygen atoms in total. The largest absolute Gasteiger partial charge is 0.481 e. The number of carboxylic acids is 1. The Morgan fingerprint density at radius 3 is 2.58 bits per heavy atom. The van der Waals surface area contributed by atoms with E-state index in [0.29, 0.717) is 30.0 Å². The Kier molecular flexibility index (Phi) is 5.56. The number of aromatic nitrogens is 2. The first-order valence-electron chi connectivity index (χ1n) is 12.1. The van der Waals surface area contributed by atoms with E-state index < -0.39 is 17.7 Å². The summed E-state index contributed by atoms with van der Waals surface area (Å²) in [6.45, 7) is 0.621. The number of hydrogen-bond donors (Lipinski definition) is 1. The van der Waals surface area contributed by atoms with Gasteiger partial charge in [0.1, 0.15) is 21.2 Å². The van der Waals surface area contributed by atoms with E-state index in [-0.39, 0.29) is 23.4 Å². The van der Waals surface area contributed by atoms with Crippen molar-refractivity contribution in [3.63, 3.8) is 0 Å². The van der Waals surface area contributed by atoms with Crippen LogP contribution in [0.4, 0.5) is 4.39 Å². The number of carboxylic acid groups (broad SMARTS) is 1. The van der Waals surface area contributed by atoms with Crippen molar-refractivity contribution in [3.05, 3.63) is 83.3 Å². The average molecular weight is 502 g/mol. The van der Waals surface area contributed by atoms with Gasteiger partial charge in [0.2, 0.25) is 0 Å². The molecule has 8 heteroatoms. The highest BCUT2D eigenvalue weighted by Crippen LogP contribution is 2.53. The Balaban J connectivity index is 1.27. The fourth-order valence-corrected chi connectivity index (χ4v) is 6.11. The number of thiazole rings is 1. The van der Waals surface area contributed by atoms with E-state index in [1.165, 1.54) is 27.9 Å². The second-order valence-electron chi connectivity index (χ2n) is 9.61. The van der Waals surface area contributed by atoms with Gasteiger partial charge >= 0.3 is 5.97 Å². The standard InChI is InChI=1S/C28H24FN3O3S/c29-21-15-17(26(33)32-14-4-5-18(16-32)27(34)35)8-9-20(21)24-30-22-10-11-23(31-25(22)36-24)28(12-13-28)19-6-2-1-3-7-19/h1-3,6-11,15,18H,4-5,12-14,16H2,(H,34,35)/t18-/m1/s1. The molecule has 3 heterocycles. The number of aliphatic carboxylic acids is 1. The number of piperidine rings is 1. The molecule has 2 aliphatic rings. The van der Waals surface area contributed by atoms with E-state index in [1.807, 2.05) is 30.3 Å². The molecule has 4 aromatic rings. The Hall–Kier alpha value is -3.65. The predicted octanol–water partition coefficient (Wildman–Crippen LogP) is 5.51. The van der Waals surface area contributed by atoms with Gasteiger partial charge in [-0.25, -0.2) is 14.4 Å². The molecule has 0 unspecified atom stereocenters. The highest BCUT2D eigenvalue weighted by Gasteiger charge is 2.47. The van der Waals surface area contributed by atoms with Crippen molar-refractivity contribution >= 4 is 33.6 Å². The van der Waals surface area contributed by atoms with E-state index in [1.54, 1.807) is 12.1 Å². The number of carbonyl (C=O) groups is 2. The first kappa shape index (κ1) is 22.8. The van der Waals surface area contributed by atoms with E-state index in [0.717, 1.165) is 28.9 Å². The minimum Gasteiger partial charge on any atom is -0.481 e. The quantitative estimate of drug-likeness (QED) is 0.390. The van der Waals surface area contributed by atoms with Crippen molar-refractivity contribution in [1.29, 1.82) is 0 Å². The lowest BCUT2D eigenvalue weighted by Gasteiger charge is -2.30. The third-order valence-corrected chi connectivity index (χ3v) is 8.32. The van der Waals surface area contributed by atoms with Gasteiger partial charge in [0.05, 0.1) is 11.6 Å². The number of amides is 1. The van der Waals surface area contributed by atoms with Crippen LogP contribution in [0.25, 0.3) is 20.9 Å². The zero-order chi connectivity index (χ0) is 24.9. The predicted molar refractivity (Wildman–Crippen MR) is 136 cm³/mol. The molecule has 182 valence electrons. The van der Waals surface area contributed by atoms with Crippen LogP contribution in [0.15, 0.2) is 60.7 Å².